The summed E-state index contributed by atoms with van der Waals surface area (Å²) in [6.45, 7) is 3.59. The molecule has 1 N–H and O–H groups in total. The molecule has 1 saturated heterocycles. The van der Waals surface area contributed by atoms with Gasteiger partial charge in [-0.05, 0) is 73.1 Å². The number of imide groups is 1. The first-order valence-electron chi connectivity index (χ1n) is 9.84. The molecule has 1 aliphatic rings. The van der Waals surface area contributed by atoms with Crippen molar-refractivity contribution in [2.45, 2.75) is 23.8 Å². The number of furan rings is 1. The maximum Gasteiger partial charge on any atom is 0.294 e. The number of carbonyl (C=O) groups is 3. The molecule has 2 aromatic carbocycles. The lowest BCUT2D eigenvalue weighted by Gasteiger charge is -2.13. The largest absolute Gasteiger partial charge is 0.450 e. The molecule has 0 spiro atoms. The van der Waals surface area contributed by atoms with Gasteiger partial charge in [0.15, 0.2) is 5.09 Å². The van der Waals surface area contributed by atoms with Gasteiger partial charge in [-0.25, -0.2) is 0 Å². The number of rotatable bonds is 6. The van der Waals surface area contributed by atoms with Crippen molar-refractivity contribution >= 4 is 52.3 Å². The lowest BCUT2D eigenvalue weighted by molar-refractivity contribution is -0.127. The van der Waals surface area contributed by atoms with Crippen LogP contribution >= 0.6 is 23.5 Å². The Morgan fingerprint density at radius 3 is 2.59 bits per heavy atom. The summed E-state index contributed by atoms with van der Waals surface area (Å²) in [7, 11) is 0. The predicted octanol–water partition coefficient (Wildman–Crippen LogP) is 5.72. The number of carbonyl (C=O) groups excluding carboxylic acids is 3. The minimum Gasteiger partial charge on any atom is -0.450 e. The second-order valence-corrected chi connectivity index (χ2v) is 9.26. The number of thioether (sulfide) groups is 1. The monoisotopic (exact) mass is 464 g/mol. The van der Waals surface area contributed by atoms with Crippen molar-refractivity contribution in [1.82, 2.24) is 4.90 Å². The van der Waals surface area contributed by atoms with E-state index in [2.05, 4.69) is 5.32 Å². The first kappa shape index (κ1) is 22.0. The molecule has 0 unspecified atom stereocenters. The zero-order valence-corrected chi connectivity index (χ0v) is 19.1. The molecule has 6 nitrogen and oxygen atoms in total. The van der Waals surface area contributed by atoms with Crippen molar-refractivity contribution < 1.29 is 18.8 Å². The Morgan fingerprint density at radius 2 is 1.84 bits per heavy atom. The van der Waals surface area contributed by atoms with E-state index in [1.807, 2.05) is 62.4 Å². The highest BCUT2D eigenvalue weighted by molar-refractivity contribution is 8.18. The van der Waals surface area contributed by atoms with Gasteiger partial charge in [0.25, 0.3) is 11.1 Å². The average Bonchev–Trinajstić information content (AvgIpc) is 3.31. The summed E-state index contributed by atoms with van der Waals surface area (Å²) >= 11 is 2.26. The molecule has 8 heteroatoms. The molecule has 0 aliphatic carbocycles. The van der Waals surface area contributed by atoms with Gasteiger partial charge in [0.2, 0.25) is 5.91 Å². The molecular formula is C24H20N2O4S2. The molecule has 0 radical (unpaired) electrons. The maximum atomic E-state index is 12.7. The van der Waals surface area contributed by atoms with Crippen LogP contribution in [0.15, 0.2) is 80.0 Å². The van der Waals surface area contributed by atoms with Gasteiger partial charge in [0.05, 0.1) is 4.91 Å². The van der Waals surface area contributed by atoms with Crippen LogP contribution in [0.2, 0.25) is 0 Å². The van der Waals surface area contributed by atoms with Gasteiger partial charge in [-0.15, -0.1) is 0 Å². The Kier molecular flexibility index (Phi) is 6.53. The summed E-state index contributed by atoms with van der Waals surface area (Å²) in [6, 6.07) is 18.9. The third-order valence-electron chi connectivity index (χ3n) is 4.80. The van der Waals surface area contributed by atoms with Crippen molar-refractivity contribution in [3.8, 4) is 0 Å². The summed E-state index contributed by atoms with van der Waals surface area (Å²) in [5.74, 6) is -0.478. The zero-order valence-electron chi connectivity index (χ0n) is 17.5. The molecule has 3 amide bonds. The van der Waals surface area contributed by atoms with Crippen LogP contribution in [0.3, 0.4) is 0 Å². The Labute approximate surface area is 194 Å². The third-order valence-corrected chi connectivity index (χ3v) is 6.64. The van der Waals surface area contributed by atoms with E-state index in [0.717, 1.165) is 32.7 Å². The number of nitrogens with zero attached hydrogens (tertiary/aromatic N) is 1. The molecule has 2 heterocycles. The van der Waals surface area contributed by atoms with Crippen molar-refractivity contribution in [3.05, 3.63) is 82.5 Å². The Bertz CT molecular complexity index is 1220. The normalized spacial score (nSPS) is 14.9. The average molecular weight is 465 g/mol. The van der Waals surface area contributed by atoms with Crippen LogP contribution in [0.25, 0.3) is 6.08 Å². The smallest absolute Gasteiger partial charge is 0.294 e. The summed E-state index contributed by atoms with van der Waals surface area (Å²) in [4.78, 5) is 39.6. The van der Waals surface area contributed by atoms with Gasteiger partial charge in [-0.3, -0.25) is 19.3 Å². The summed E-state index contributed by atoms with van der Waals surface area (Å²) < 4.78 is 5.76. The molecule has 162 valence electrons. The van der Waals surface area contributed by atoms with Crippen molar-refractivity contribution in [3.63, 3.8) is 0 Å². The van der Waals surface area contributed by atoms with E-state index < -0.39 is 17.1 Å². The van der Waals surface area contributed by atoms with Crippen LogP contribution in [0.1, 0.15) is 16.9 Å². The lowest BCUT2D eigenvalue weighted by Crippen LogP contribution is -2.36. The SMILES string of the molecule is Cc1ccc(NC(=O)CN2C(=O)S/C(=C\c3ccc(Sc4ccccc4)o3)C2=O)cc1C. The van der Waals surface area contributed by atoms with Gasteiger partial charge < -0.3 is 9.73 Å². The highest BCUT2D eigenvalue weighted by Gasteiger charge is 2.36. The second kappa shape index (κ2) is 9.50. The first-order chi connectivity index (χ1) is 15.4. The summed E-state index contributed by atoms with van der Waals surface area (Å²) in [6.07, 6.45) is 1.53. The van der Waals surface area contributed by atoms with Crippen LogP contribution < -0.4 is 5.32 Å². The second-order valence-electron chi connectivity index (χ2n) is 7.19. The number of anilines is 1. The molecule has 1 aromatic heterocycles. The third kappa shape index (κ3) is 5.15. The summed E-state index contributed by atoms with van der Waals surface area (Å²) in [5, 5.41) is 2.93. The molecule has 1 fully saturated rings. The number of hydrogen-bond donors (Lipinski definition) is 1. The van der Waals surface area contributed by atoms with Gasteiger partial charge in [-0.1, -0.05) is 36.0 Å². The van der Waals surface area contributed by atoms with E-state index in [4.69, 9.17) is 4.42 Å². The van der Waals surface area contributed by atoms with Crippen molar-refractivity contribution in [2.24, 2.45) is 0 Å². The van der Waals surface area contributed by atoms with E-state index in [0.29, 0.717) is 16.5 Å². The van der Waals surface area contributed by atoms with E-state index in [9.17, 15) is 14.4 Å². The molecule has 0 bridgehead atoms. The number of hydrogen-bond acceptors (Lipinski definition) is 6. The minimum atomic E-state index is -0.510. The Hall–Kier alpha value is -3.23. The van der Waals surface area contributed by atoms with Gasteiger partial charge >= 0.3 is 0 Å². The highest BCUT2D eigenvalue weighted by Crippen LogP contribution is 2.34. The summed E-state index contributed by atoms with van der Waals surface area (Å²) in [5.41, 5.74) is 2.78. The number of nitrogens with one attached hydrogen (secondary N) is 1. The zero-order chi connectivity index (χ0) is 22.7. The van der Waals surface area contributed by atoms with Crippen molar-refractivity contribution in [2.75, 3.05) is 11.9 Å². The van der Waals surface area contributed by atoms with Crippen LogP contribution in [-0.2, 0) is 9.59 Å². The first-order valence-corrected chi connectivity index (χ1v) is 11.5. The number of aryl methyl sites for hydroxylation is 2. The molecule has 0 saturated carbocycles. The molecule has 1 aliphatic heterocycles. The predicted molar refractivity (Wildman–Crippen MR) is 126 cm³/mol. The number of benzene rings is 2. The van der Waals surface area contributed by atoms with Gasteiger partial charge in [0, 0.05) is 16.7 Å². The lowest BCUT2D eigenvalue weighted by atomic mass is 10.1. The van der Waals surface area contributed by atoms with Gasteiger partial charge in [0.1, 0.15) is 12.3 Å². The van der Waals surface area contributed by atoms with E-state index in [1.54, 1.807) is 12.1 Å². The standard InChI is InChI=1S/C24H20N2O4S2/c1-15-8-9-17(12-16(15)2)25-21(27)14-26-23(28)20(32-24(26)29)13-18-10-11-22(30-18)31-19-6-4-3-5-7-19/h3-13H,14H2,1-2H3,(H,25,27)/b20-13-. The van der Waals surface area contributed by atoms with E-state index in [1.165, 1.54) is 17.8 Å². The molecule has 3 aromatic rings. The van der Waals surface area contributed by atoms with E-state index >= 15 is 0 Å². The van der Waals surface area contributed by atoms with Crippen molar-refractivity contribution in [1.29, 1.82) is 0 Å². The maximum absolute atomic E-state index is 12.7. The fraction of sp³-hybridized carbons (Fsp3) is 0.125. The number of amides is 3. The fourth-order valence-electron chi connectivity index (χ4n) is 3.00. The van der Waals surface area contributed by atoms with Crippen LogP contribution in [0, 0.1) is 13.8 Å². The van der Waals surface area contributed by atoms with Crippen LogP contribution in [-0.4, -0.2) is 28.5 Å². The fourth-order valence-corrected chi connectivity index (χ4v) is 4.62. The molecular weight excluding hydrogens is 444 g/mol. The minimum absolute atomic E-state index is 0.222. The Morgan fingerprint density at radius 1 is 1.06 bits per heavy atom. The molecule has 0 atom stereocenters. The van der Waals surface area contributed by atoms with E-state index in [-0.39, 0.29) is 11.4 Å². The van der Waals surface area contributed by atoms with Gasteiger partial charge in [-0.2, -0.15) is 0 Å². The Balaban J connectivity index is 1.40. The van der Waals surface area contributed by atoms with Crippen LogP contribution in [0.4, 0.5) is 10.5 Å². The quantitative estimate of drug-likeness (QED) is 0.470. The molecule has 4 rings (SSSR count). The highest BCUT2D eigenvalue weighted by atomic mass is 32.2. The van der Waals surface area contributed by atoms with Crippen LogP contribution in [0.5, 0.6) is 0 Å². The topological polar surface area (TPSA) is 79.6 Å². The molecule has 32 heavy (non-hydrogen) atoms.